The first-order valence-electron chi connectivity index (χ1n) is 11.7. The third-order valence-electron chi connectivity index (χ3n) is 6.61. The highest BCUT2D eigenvalue weighted by molar-refractivity contribution is 6.30. The molecule has 1 aliphatic carbocycles. The highest BCUT2D eigenvalue weighted by Crippen LogP contribution is 2.50. The summed E-state index contributed by atoms with van der Waals surface area (Å²) in [5, 5.41) is 4.30. The van der Waals surface area contributed by atoms with Crippen LogP contribution in [0.5, 0.6) is 5.75 Å². The molecule has 0 aliphatic heterocycles. The van der Waals surface area contributed by atoms with Crippen LogP contribution in [0.25, 0.3) is 0 Å². The number of methoxy groups -OCH3 is 1. The largest absolute Gasteiger partial charge is 0.491 e. The van der Waals surface area contributed by atoms with Gasteiger partial charge < -0.3 is 9.47 Å². The highest BCUT2D eigenvalue weighted by atomic mass is 35.5. The van der Waals surface area contributed by atoms with Gasteiger partial charge in [0.15, 0.2) is 0 Å². The summed E-state index contributed by atoms with van der Waals surface area (Å²) in [7, 11) is 1.40. The Morgan fingerprint density at radius 1 is 1.00 bits per heavy atom. The van der Waals surface area contributed by atoms with E-state index in [9.17, 15) is 4.79 Å². The summed E-state index contributed by atoms with van der Waals surface area (Å²) in [4.78, 5) is 13.1. The second kappa shape index (κ2) is 10.9. The first kappa shape index (κ1) is 24.8. The van der Waals surface area contributed by atoms with Gasteiger partial charge in [-0.1, -0.05) is 110 Å². The number of benzene rings is 3. The van der Waals surface area contributed by atoms with Crippen LogP contribution in [0.3, 0.4) is 0 Å². The monoisotopic (exact) mass is 487 g/mol. The van der Waals surface area contributed by atoms with Gasteiger partial charge in [0.25, 0.3) is 0 Å². The molecule has 0 bridgehead atoms. The number of nitrogens with one attached hydrogen (secondary N) is 1. The molecule has 5 heteroatoms. The Morgan fingerprint density at radius 3 is 2.20 bits per heavy atom. The molecule has 4 rings (SSSR count). The number of rotatable bonds is 9. The van der Waals surface area contributed by atoms with Gasteiger partial charge in [0.05, 0.1) is 12.6 Å². The van der Waals surface area contributed by atoms with Gasteiger partial charge in [-0.2, -0.15) is 0 Å². The quantitative estimate of drug-likeness (QED) is 0.359. The topological polar surface area (TPSA) is 47.6 Å². The summed E-state index contributed by atoms with van der Waals surface area (Å²) in [5.41, 5.74) is 0.940. The lowest BCUT2D eigenvalue weighted by Gasteiger charge is -2.50. The van der Waals surface area contributed by atoms with Crippen molar-refractivity contribution in [3.8, 4) is 5.75 Å². The molecular weight excluding hydrogens is 458 g/mol. The number of carbonyl (C=O) groups is 1. The first-order valence-corrected chi connectivity index (χ1v) is 12.1. The van der Waals surface area contributed by atoms with E-state index in [0.717, 1.165) is 17.5 Å². The Bertz CT molecular complexity index is 1150. The fourth-order valence-corrected chi connectivity index (χ4v) is 5.03. The summed E-state index contributed by atoms with van der Waals surface area (Å²) in [6.45, 7) is 2.29. The molecule has 0 aromatic heterocycles. The van der Waals surface area contributed by atoms with Crippen molar-refractivity contribution in [1.82, 2.24) is 5.32 Å². The van der Waals surface area contributed by atoms with Crippen molar-refractivity contribution in [3.63, 3.8) is 0 Å². The Hall–Kier alpha value is -3.34. The summed E-state index contributed by atoms with van der Waals surface area (Å²) >= 11 is 6.14. The van der Waals surface area contributed by atoms with Crippen LogP contribution in [0.1, 0.15) is 24.5 Å². The van der Waals surface area contributed by atoms with Gasteiger partial charge in [-0.25, -0.2) is 0 Å². The number of hydrogen-bond donors (Lipinski definition) is 1. The second-order valence-electron chi connectivity index (χ2n) is 8.88. The number of halogens is 1. The van der Waals surface area contributed by atoms with Crippen molar-refractivity contribution in [2.24, 2.45) is 5.41 Å². The van der Waals surface area contributed by atoms with Crippen LogP contribution in [0, 0.1) is 5.41 Å². The van der Waals surface area contributed by atoms with E-state index < -0.39 is 23.0 Å². The fraction of sp³-hybridized carbons (Fsp3) is 0.233. The van der Waals surface area contributed by atoms with Crippen molar-refractivity contribution in [1.29, 1.82) is 0 Å². The van der Waals surface area contributed by atoms with Gasteiger partial charge in [0, 0.05) is 10.4 Å². The highest BCUT2D eigenvalue weighted by Gasteiger charge is 2.51. The first-order chi connectivity index (χ1) is 17.0. The van der Waals surface area contributed by atoms with Crippen molar-refractivity contribution in [3.05, 3.63) is 125 Å². The number of ether oxygens (including phenoxy) is 2. The molecule has 2 atom stereocenters. The number of carbonyl (C=O) groups excluding carboxylic acids is 1. The summed E-state index contributed by atoms with van der Waals surface area (Å²) in [6, 6.07) is 26.9. The lowest BCUT2D eigenvalue weighted by atomic mass is 9.60. The standard InChI is InChI=1S/C30H30ClNO3/c1-29(19-10-5-11-20-29)30(23-13-6-3-7-14-23,24-15-8-4-9-16-24)32-27(28(33)34-2)22-35-26-18-12-17-25(31)21-26/h3-19,21,27,32H,20,22H2,1-2H3/t27-,29?/m0/s1. The molecule has 1 unspecified atom stereocenters. The van der Waals surface area contributed by atoms with Crippen molar-refractivity contribution >= 4 is 17.6 Å². The zero-order chi connectivity index (χ0) is 24.7. The molecule has 0 radical (unpaired) electrons. The summed E-state index contributed by atoms with van der Waals surface area (Å²) < 4.78 is 11.3. The molecule has 3 aromatic rings. The molecule has 0 amide bonds. The Kier molecular flexibility index (Phi) is 7.74. The van der Waals surface area contributed by atoms with Crippen LogP contribution >= 0.6 is 11.6 Å². The van der Waals surface area contributed by atoms with E-state index in [-0.39, 0.29) is 6.61 Å². The van der Waals surface area contributed by atoms with E-state index in [1.165, 1.54) is 7.11 Å². The van der Waals surface area contributed by atoms with E-state index >= 15 is 0 Å². The average Bonchev–Trinajstić information content (AvgIpc) is 2.90. The maximum Gasteiger partial charge on any atom is 0.326 e. The number of hydrogen-bond acceptors (Lipinski definition) is 4. The molecule has 1 aliphatic rings. The van der Waals surface area contributed by atoms with Gasteiger partial charge in [-0.05, 0) is 35.7 Å². The van der Waals surface area contributed by atoms with Crippen LogP contribution in [-0.2, 0) is 15.1 Å². The maximum absolute atomic E-state index is 13.1. The molecular formula is C30H30ClNO3. The summed E-state index contributed by atoms with van der Waals surface area (Å²) in [5.74, 6) is 0.187. The normalized spacial score (nSPS) is 18.1. The SMILES string of the molecule is COC(=O)[C@H](COc1cccc(Cl)c1)NC(c1ccccc1)(c1ccccc1)C1(C)C=CC=CC1. The summed E-state index contributed by atoms with van der Waals surface area (Å²) in [6.07, 6.45) is 9.29. The zero-order valence-electron chi connectivity index (χ0n) is 20.0. The average molecular weight is 488 g/mol. The molecule has 180 valence electrons. The van der Waals surface area contributed by atoms with Crippen LogP contribution < -0.4 is 10.1 Å². The van der Waals surface area contributed by atoms with Crippen LogP contribution in [0.2, 0.25) is 5.02 Å². The van der Waals surface area contributed by atoms with Gasteiger partial charge in [-0.3, -0.25) is 10.1 Å². The van der Waals surface area contributed by atoms with Gasteiger partial charge in [-0.15, -0.1) is 0 Å². The molecule has 3 aromatic carbocycles. The molecule has 0 saturated carbocycles. The van der Waals surface area contributed by atoms with Gasteiger partial charge in [0.2, 0.25) is 0 Å². The minimum atomic E-state index is -0.757. The molecule has 0 saturated heterocycles. The molecule has 0 fully saturated rings. The zero-order valence-corrected chi connectivity index (χ0v) is 20.7. The molecule has 0 heterocycles. The van der Waals surface area contributed by atoms with E-state index in [1.807, 2.05) is 48.5 Å². The van der Waals surface area contributed by atoms with E-state index in [0.29, 0.717) is 10.8 Å². The molecule has 35 heavy (non-hydrogen) atoms. The van der Waals surface area contributed by atoms with E-state index in [4.69, 9.17) is 21.1 Å². The van der Waals surface area contributed by atoms with Gasteiger partial charge in [0.1, 0.15) is 18.4 Å². The predicted octanol–water partition coefficient (Wildman–Crippen LogP) is 6.32. The Balaban J connectivity index is 1.83. The minimum absolute atomic E-state index is 0.0735. The molecule has 0 spiro atoms. The fourth-order valence-electron chi connectivity index (χ4n) is 4.85. The Morgan fingerprint density at radius 2 is 1.66 bits per heavy atom. The number of allylic oxidation sites excluding steroid dienone is 3. The van der Waals surface area contributed by atoms with E-state index in [2.05, 4.69) is 60.8 Å². The third kappa shape index (κ3) is 5.19. The van der Waals surface area contributed by atoms with Crippen molar-refractivity contribution < 1.29 is 14.3 Å². The maximum atomic E-state index is 13.1. The second-order valence-corrected chi connectivity index (χ2v) is 9.32. The third-order valence-corrected chi connectivity index (χ3v) is 6.85. The Labute approximate surface area is 212 Å². The minimum Gasteiger partial charge on any atom is -0.491 e. The molecule has 4 nitrogen and oxygen atoms in total. The van der Waals surface area contributed by atoms with Crippen LogP contribution in [-0.4, -0.2) is 25.7 Å². The smallest absolute Gasteiger partial charge is 0.326 e. The van der Waals surface area contributed by atoms with Crippen LogP contribution in [0.4, 0.5) is 0 Å². The van der Waals surface area contributed by atoms with Crippen molar-refractivity contribution in [2.45, 2.75) is 24.9 Å². The number of esters is 1. The van der Waals surface area contributed by atoms with E-state index in [1.54, 1.807) is 12.1 Å². The van der Waals surface area contributed by atoms with Crippen molar-refractivity contribution in [2.75, 3.05) is 13.7 Å². The van der Waals surface area contributed by atoms with Gasteiger partial charge >= 0.3 is 5.97 Å². The molecule has 1 N–H and O–H groups in total. The lowest BCUT2D eigenvalue weighted by molar-refractivity contribution is -0.145. The van der Waals surface area contributed by atoms with Crippen LogP contribution in [0.15, 0.2) is 109 Å². The lowest BCUT2D eigenvalue weighted by Crippen LogP contribution is -2.61. The predicted molar refractivity (Wildman–Crippen MR) is 141 cm³/mol.